The zero-order chi connectivity index (χ0) is 31.7. The van der Waals surface area contributed by atoms with Gasteiger partial charge in [-0.05, 0) is 122 Å². The predicted octanol–water partition coefficient (Wildman–Crippen LogP) is 9.40. The molecule has 2 aromatic heterocycles. The van der Waals surface area contributed by atoms with E-state index >= 15 is 0 Å². The van der Waals surface area contributed by atoms with Gasteiger partial charge in [0.15, 0.2) is 0 Å². The fourth-order valence-corrected chi connectivity index (χ4v) is 7.00. The Morgan fingerprint density at radius 3 is 1.30 bits per heavy atom. The molecule has 0 atom stereocenters. The van der Waals surface area contributed by atoms with Gasteiger partial charge in [-0.25, -0.2) is 0 Å². The maximum Gasteiger partial charge on any atom is 0.128 e. The van der Waals surface area contributed by atoms with E-state index in [-0.39, 0.29) is 0 Å². The molecular weight excluding hydrogens is 580 g/mol. The van der Waals surface area contributed by atoms with Crippen LogP contribution in [0.2, 0.25) is 0 Å². The van der Waals surface area contributed by atoms with Crippen molar-refractivity contribution in [2.24, 2.45) is 0 Å². The van der Waals surface area contributed by atoms with Crippen LogP contribution < -0.4 is 4.74 Å². The van der Waals surface area contributed by atoms with Crippen LogP contribution in [0.15, 0.2) is 97.1 Å². The number of nitrogens with zero attached hydrogens (tertiary/aromatic N) is 2. The van der Waals surface area contributed by atoms with Gasteiger partial charge in [0.05, 0.1) is 0 Å². The number of aromatic amines is 2. The molecule has 236 valence electrons. The third kappa shape index (κ3) is 6.01. The molecule has 0 saturated carbocycles. The number of hydrogen-bond donors (Lipinski definition) is 4. The molecule has 0 amide bonds. The number of benzene rings is 4. The molecule has 47 heavy (non-hydrogen) atoms. The molecule has 7 heteroatoms. The molecule has 6 aromatic rings. The average molecular weight is 621 g/mol. The van der Waals surface area contributed by atoms with Gasteiger partial charge in [0.1, 0.15) is 23.2 Å². The maximum absolute atomic E-state index is 8.70. The van der Waals surface area contributed by atoms with E-state index in [1.165, 1.54) is 38.5 Å². The topological polar surface area (TPSA) is 95.0 Å². The van der Waals surface area contributed by atoms with Gasteiger partial charge in [0.25, 0.3) is 0 Å². The number of aromatic nitrogens is 2. The standard InChI is InChI=1S/C40H40N6O/c41-39(45-19-3-1-4-20-45)31-9-7-29-23-35(43-37(29)25-31)27-11-15-33(16-12-27)47-34-17-13-28(14-18-34)36-24-30-8-10-32(26-38(30)44-36)40(42)46-21-5-2-6-22-46/h7-18,23-26,41-44H,1-6,19-22H2. The van der Waals surface area contributed by atoms with E-state index in [9.17, 15) is 0 Å². The number of ether oxygens (including phenoxy) is 1. The van der Waals surface area contributed by atoms with E-state index in [0.717, 1.165) is 93.1 Å². The van der Waals surface area contributed by atoms with E-state index in [1.54, 1.807) is 0 Å². The third-order valence-electron chi connectivity index (χ3n) is 9.70. The van der Waals surface area contributed by atoms with Crippen LogP contribution in [0.1, 0.15) is 49.7 Å². The second-order valence-corrected chi connectivity index (χ2v) is 12.9. The zero-order valence-corrected chi connectivity index (χ0v) is 26.6. The highest BCUT2D eigenvalue weighted by Gasteiger charge is 2.17. The molecule has 2 aliphatic rings. The fourth-order valence-electron chi connectivity index (χ4n) is 7.00. The lowest BCUT2D eigenvalue weighted by molar-refractivity contribution is 0.341. The van der Waals surface area contributed by atoms with Gasteiger partial charge in [-0.3, -0.25) is 10.8 Å². The highest BCUT2D eigenvalue weighted by atomic mass is 16.5. The van der Waals surface area contributed by atoms with E-state index < -0.39 is 0 Å². The molecule has 2 saturated heterocycles. The lowest BCUT2D eigenvalue weighted by Crippen LogP contribution is -2.35. The monoisotopic (exact) mass is 620 g/mol. The van der Waals surface area contributed by atoms with Crippen molar-refractivity contribution < 1.29 is 4.74 Å². The summed E-state index contributed by atoms with van der Waals surface area (Å²) in [5.74, 6) is 2.81. The van der Waals surface area contributed by atoms with Gasteiger partial charge in [-0.15, -0.1) is 0 Å². The van der Waals surface area contributed by atoms with Crippen molar-refractivity contribution in [1.29, 1.82) is 10.8 Å². The summed E-state index contributed by atoms with van der Waals surface area (Å²) in [7, 11) is 0. The molecule has 4 aromatic carbocycles. The second-order valence-electron chi connectivity index (χ2n) is 12.9. The van der Waals surface area contributed by atoms with Gasteiger partial charge < -0.3 is 24.5 Å². The Morgan fingerprint density at radius 1 is 0.489 bits per heavy atom. The summed E-state index contributed by atoms with van der Waals surface area (Å²) in [6, 6.07) is 33.2. The number of hydrogen-bond acceptors (Lipinski definition) is 3. The number of rotatable bonds is 6. The predicted molar refractivity (Wildman–Crippen MR) is 192 cm³/mol. The second kappa shape index (κ2) is 12.5. The number of nitrogens with one attached hydrogen (secondary N) is 4. The Morgan fingerprint density at radius 2 is 0.894 bits per heavy atom. The van der Waals surface area contributed by atoms with Crippen LogP contribution in [0.25, 0.3) is 44.3 Å². The largest absolute Gasteiger partial charge is 0.457 e. The van der Waals surface area contributed by atoms with Crippen molar-refractivity contribution >= 4 is 33.5 Å². The van der Waals surface area contributed by atoms with Crippen LogP contribution in [0.3, 0.4) is 0 Å². The van der Waals surface area contributed by atoms with Crippen LogP contribution in [0.4, 0.5) is 0 Å². The van der Waals surface area contributed by atoms with Crippen molar-refractivity contribution in [3.05, 3.63) is 108 Å². The van der Waals surface area contributed by atoms with Gasteiger partial charge in [-0.2, -0.15) is 0 Å². The first-order valence-corrected chi connectivity index (χ1v) is 16.9. The number of fused-ring (bicyclic) bond motifs is 2. The summed E-state index contributed by atoms with van der Waals surface area (Å²) in [5.41, 5.74) is 8.29. The minimum absolute atomic E-state index is 0.623. The highest BCUT2D eigenvalue weighted by Crippen LogP contribution is 2.31. The van der Waals surface area contributed by atoms with Crippen LogP contribution in [-0.4, -0.2) is 57.6 Å². The lowest BCUT2D eigenvalue weighted by Gasteiger charge is -2.29. The Bertz CT molecular complexity index is 1910. The summed E-state index contributed by atoms with van der Waals surface area (Å²) >= 11 is 0. The van der Waals surface area contributed by atoms with Crippen molar-refractivity contribution in [1.82, 2.24) is 19.8 Å². The third-order valence-corrected chi connectivity index (χ3v) is 9.70. The van der Waals surface area contributed by atoms with Gasteiger partial charge in [-0.1, -0.05) is 24.3 Å². The Labute approximate surface area is 275 Å². The van der Waals surface area contributed by atoms with Crippen LogP contribution >= 0.6 is 0 Å². The summed E-state index contributed by atoms with van der Waals surface area (Å²) in [6.45, 7) is 3.90. The zero-order valence-electron chi connectivity index (χ0n) is 26.6. The molecule has 0 aliphatic carbocycles. The minimum atomic E-state index is 0.623. The molecule has 4 heterocycles. The number of amidine groups is 2. The van der Waals surface area contributed by atoms with Gasteiger partial charge >= 0.3 is 0 Å². The van der Waals surface area contributed by atoms with Crippen molar-refractivity contribution in [3.63, 3.8) is 0 Å². The molecule has 0 spiro atoms. The summed E-state index contributed by atoms with van der Waals surface area (Å²) < 4.78 is 6.20. The van der Waals surface area contributed by atoms with Crippen LogP contribution in [0.5, 0.6) is 11.5 Å². The molecule has 2 fully saturated rings. The summed E-state index contributed by atoms with van der Waals surface area (Å²) in [6.07, 6.45) is 7.20. The molecule has 7 nitrogen and oxygen atoms in total. The fraction of sp³-hybridized carbons (Fsp3) is 0.250. The highest BCUT2D eigenvalue weighted by molar-refractivity contribution is 6.01. The van der Waals surface area contributed by atoms with E-state index in [2.05, 4.69) is 92.6 Å². The smallest absolute Gasteiger partial charge is 0.128 e. The number of H-pyrrole nitrogens is 2. The molecule has 8 rings (SSSR count). The maximum atomic E-state index is 8.70. The first kappa shape index (κ1) is 29.1. The van der Waals surface area contributed by atoms with E-state index in [0.29, 0.717) is 11.7 Å². The van der Waals surface area contributed by atoms with Crippen LogP contribution in [0, 0.1) is 10.8 Å². The lowest BCUT2D eigenvalue weighted by atomic mass is 10.1. The molecule has 0 bridgehead atoms. The van der Waals surface area contributed by atoms with E-state index in [1.807, 2.05) is 24.3 Å². The van der Waals surface area contributed by atoms with Crippen LogP contribution in [-0.2, 0) is 0 Å². The Hall–Kier alpha value is -5.30. The SMILES string of the molecule is N=C(c1ccc2cc(-c3ccc(Oc4ccc(-c5cc6ccc(C(=N)N7CCCCC7)cc6[nH]5)cc4)cc3)[nH]c2c1)N1CCCCC1. The Kier molecular flexibility index (Phi) is 7.73. The number of likely N-dealkylation sites (tertiary alicyclic amines) is 2. The molecule has 4 N–H and O–H groups in total. The summed E-state index contributed by atoms with van der Waals surface area (Å²) in [4.78, 5) is 11.5. The van der Waals surface area contributed by atoms with E-state index in [4.69, 9.17) is 15.6 Å². The first-order chi connectivity index (χ1) is 23.1. The van der Waals surface area contributed by atoms with Crippen molar-refractivity contribution in [2.75, 3.05) is 26.2 Å². The number of piperidine rings is 2. The minimum Gasteiger partial charge on any atom is -0.457 e. The quantitative estimate of drug-likeness (QED) is 0.110. The average Bonchev–Trinajstić information content (AvgIpc) is 3.76. The normalized spacial score (nSPS) is 15.3. The molecule has 0 unspecified atom stereocenters. The molecular formula is C40H40N6O. The van der Waals surface area contributed by atoms with Gasteiger partial charge in [0, 0.05) is 70.5 Å². The van der Waals surface area contributed by atoms with Gasteiger partial charge in [0.2, 0.25) is 0 Å². The first-order valence-electron chi connectivity index (χ1n) is 16.9. The Balaban J connectivity index is 0.932. The molecule has 0 radical (unpaired) electrons. The molecule has 2 aliphatic heterocycles. The van der Waals surface area contributed by atoms with Crippen molar-refractivity contribution in [3.8, 4) is 34.0 Å². The van der Waals surface area contributed by atoms with Crippen molar-refractivity contribution in [2.45, 2.75) is 38.5 Å². The summed E-state index contributed by atoms with van der Waals surface area (Å²) in [5, 5.41) is 19.7.